The van der Waals surface area contributed by atoms with Crippen LogP contribution in [0.4, 0.5) is 0 Å². The maximum absolute atomic E-state index is 4.71. The first kappa shape index (κ1) is 19.0. The fourth-order valence-corrected chi connectivity index (χ4v) is 7.61. The number of aryl methyl sites for hydroxylation is 2. The maximum atomic E-state index is 4.71. The number of fused-ring (bicyclic) bond motifs is 5. The first-order valence-electron chi connectivity index (χ1n) is 9.96. The SMILES string of the molecule is Cc1cc(-c2ncnc3c2sc2c4ccc(CC(C)(C)C)cc4ccc32)[se]c1C. The minimum absolute atomic E-state index is 0.293. The van der Waals surface area contributed by atoms with Crippen molar-refractivity contribution in [2.75, 3.05) is 0 Å². The van der Waals surface area contributed by atoms with Crippen molar-refractivity contribution >= 4 is 56.9 Å². The van der Waals surface area contributed by atoms with Gasteiger partial charge in [0.25, 0.3) is 0 Å². The van der Waals surface area contributed by atoms with Crippen LogP contribution in [0.1, 0.15) is 36.3 Å². The molecule has 0 aliphatic heterocycles. The molecule has 5 aromatic rings. The molecular formula is C25H24N2SSe. The van der Waals surface area contributed by atoms with Crippen LogP contribution in [0.2, 0.25) is 0 Å². The number of thiophene rings is 1. The molecule has 0 N–H and O–H groups in total. The molecule has 2 aromatic carbocycles. The van der Waals surface area contributed by atoms with Crippen LogP contribution in [0.25, 0.3) is 41.2 Å². The van der Waals surface area contributed by atoms with Crippen LogP contribution in [0.5, 0.6) is 0 Å². The number of benzene rings is 2. The Bertz CT molecular complexity index is 1370. The van der Waals surface area contributed by atoms with Gasteiger partial charge in [-0.3, -0.25) is 0 Å². The van der Waals surface area contributed by atoms with E-state index in [1.165, 1.54) is 45.6 Å². The van der Waals surface area contributed by atoms with Crippen LogP contribution in [0.3, 0.4) is 0 Å². The fourth-order valence-electron chi connectivity index (χ4n) is 4.00. The Labute approximate surface area is 181 Å². The predicted octanol–water partition coefficient (Wildman–Crippen LogP) is 6.93. The van der Waals surface area contributed by atoms with Gasteiger partial charge in [-0.1, -0.05) is 0 Å². The van der Waals surface area contributed by atoms with E-state index in [4.69, 9.17) is 4.98 Å². The predicted molar refractivity (Wildman–Crippen MR) is 127 cm³/mol. The first-order valence-corrected chi connectivity index (χ1v) is 12.5. The van der Waals surface area contributed by atoms with Crippen LogP contribution in [-0.4, -0.2) is 24.5 Å². The molecular weight excluding hydrogens is 439 g/mol. The second-order valence-electron chi connectivity index (χ2n) is 9.09. The van der Waals surface area contributed by atoms with E-state index in [1.807, 2.05) is 11.3 Å². The molecule has 0 fully saturated rings. The van der Waals surface area contributed by atoms with Gasteiger partial charge in [-0.05, 0) is 0 Å². The summed E-state index contributed by atoms with van der Waals surface area (Å²) in [6, 6.07) is 13.8. The van der Waals surface area contributed by atoms with E-state index in [1.54, 1.807) is 6.33 Å². The monoisotopic (exact) mass is 464 g/mol. The van der Waals surface area contributed by atoms with Gasteiger partial charge in [0, 0.05) is 0 Å². The molecule has 0 unspecified atom stereocenters. The van der Waals surface area contributed by atoms with Gasteiger partial charge in [0.15, 0.2) is 0 Å². The Kier molecular flexibility index (Phi) is 4.43. The molecule has 0 atom stereocenters. The number of hydrogen-bond acceptors (Lipinski definition) is 3. The number of nitrogens with zero attached hydrogens (tertiary/aromatic N) is 2. The van der Waals surface area contributed by atoms with Gasteiger partial charge < -0.3 is 0 Å². The average molecular weight is 464 g/mol. The van der Waals surface area contributed by atoms with Gasteiger partial charge >= 0.3 is 182 Å². The topological polar surface area (TPSA) is 25.8 Å². The molecule has 146 valence electrons. The molecule has 0 amide bonds. The summed E-state index contributed by atoms with van der Waals surface area (Å²) in [5.74, 6) is 0. The van der Waals surface area contributed by atoms with Crippen molar-refractivity contribution in [1.29, 1.82) is 0 Å². The van der Waals surface area contributed by atoms with Crippen molar-refractivity contribution in [1.82, 2.24) is 9.97 Å². The van der Waals surface area contributed by atoms with Crippen LogP contribution < -0.4 is 0 Å². The summed E-state index contributed by atoms with van der Waals surface area (Å²) in [6.45, 7) is 11.3. The van der Waals surface area contributed by atoms with Crippen molar-refractivity contribution in [3.8, 4) is 10.1 Å². The van der Waals surface area contributed by atoms with Crippen LogP contribution in [0, 0.1) is 19.3 Å². The molecule has 0 radical (unpaired) electrons. The van der Waals surface area contributed by atoms with Crippen molar-refractivity contribution < 1.29 is 0 Å². The van der Waals surface area contributed by atoms with Gasteiger partial charge in [-0.25, -0.2) is 0 Å². The van der Waals surface area contributed by atoms with Crippen LogP contribution >= 0.6 is 11.3 Å². The quantitative estimate of drug-likeness (QED) is 0.265. The van der Waals surface area contributed by atoms with Crippen LogP contribution in [0.15, 0.2) is 42.7 Å². The van der Waals surface area contributed by atoms with E-state index in [2.05, 4.69) is 76.0 Å². The van der Waals surface area contributed by atoms with Gasteiger partial charge in [-0.2, -0.15) is 0 Å². The van der Waals surface area contributed by atoms with Gasteiger partial charge in [0.1, 0.15) is 0 Å². The second-order valence-corrected chi connectivity index (χ2v) is 12.7. The van der Waals surface area contributed by atoms with Gasteiger partial charge in [-0.15, -0.1) is 0 Å². The van der Waals surface area contributed by atoms with E-state index in [0.29, 0.717) is 19.9 Å². The third kappa shape index (κ3) is 3.34. The van der Waals surface area contributed by atoms with Crippen molar-refractivity contribution in [3.63, 3.8) is 0 Å². The van der Waals surface area contributed by atoms with Crippen molar-refractivity contribution in [3.05, 3.63) is 58.3 Å². The van der Waals surface area contributed by atoms with Crippen molar-refractivity contribution in [2.24, 2.45) is 5.41 Å². The summed E-state index contributed by atoms with van der Waals surface area (Å²) in [5, 5.41) is 3.89. The molecule has 4 heteroatoms. The molecule has 0 saturated heterocycles. The molecule has 3 aromatic heterocycles. The normalized spacial score (nSPS) is 12.4. The molecule has 0 aliphatic rings. The third-order valence-corrected chi connectivity index (χ3v) is 9.10. The molecule has 0 bridgehead atoms. The summed E-state index contributed by atoms with van der Waals surface area (Å²) < 4.78 is 5.43. The van der Waals surface area contributed by atoms with E-state index in [9.17, 15) is 0 Å². The minimum atomic E-state index is 0.293. The molecule has 0 spiro atoms. The number of hydrogen-bond donors (Lipinski definition) is 0. The Balaban J connectivity index is 1.74. The van der Waals surface area contributed by atoms with E-state index >= 15 is 0 Å². The first-order chi connectivity index (χ1) is 13.8. The summed E-state index contributed by atoms with van der Waals surface area (Å²) in [5.41, 5.74) is 5.31. The molecule has 2 nitrogen and oxygen atoms in total. The summed E-state index contributed by atoms with van der Waals surface area (Å²) in [4.78, 5) is 9.39. The van der Waals surface area contributed by atoms with Gasteiger partial charge in [0.2, 0.25) is 0 Å². The molecule has 0 aliphatic carbocycles. The molecule has 3 heterocycles. The molecule has 0 saturated carbocycles. The Hall–Kier alpha value is -2.00. The third-order valence-electron chi connectivity index (χ3n) is 5.43. The summed E-state index contributed by atoms with van der Waals surface area (Å²) in [6.07, 6.45) is 2.82. The zero-order valence-corrected chi connectivity index (χ0v) is 20.0. The van der Waals surface area contributed by atoms with E-state index in [-0.39, 0.29) is 0 Å². The van der Waals surface area contributed by atoms with E-state index in [0.717, 1.165) is 17.6 Å². The Morgan fingerprint density at radius 3 is 2.45 bits per heavy atom. The van der Waals surface area contributed by atoms with E-state index < -0.39 is 0 Å². The number of rotatable bonds is 2. The second kappa shape index (κ2) is 6.77. The summed E-state index contributed by atoms with van der Waals surface area (Å²) in [7, 11) is 0. The molecule has 29 heavy (non-hydrogen) atoms. The van der Waals surface area contributed by atoms with Gasteiger partial charge in [0.05, 0.1) is 0 Å². The average Bonchev–Trinajstić information content (AvgIpc) is 3.20. The fraction of sp³-hybridized carbons (Fsp3) is 0.280. The Morgan fingerprint density at radius 2 is 1.72 bits per heavy atom. The zero-order chi connectivity index (χ0) is 20.3. The standard InChI is InChI=1S/C25H24N2SSe/c1-14-10-20(29-15(14)2)22-24-21(26-13-27-22)19-9-7-17-11-16(12-25(3,4)5)6-8-18(17)23(19)28-24/h6-11,13H,12H2,1-5H3. The summed E-state index contributed by atoms with van der Waals surface area (Å²) >= 11 is 2.22. The van der Waals surface area contributed by atoms with Crippen LogP contribution in [-0.2, 0) is 6.42 Å². The zero-order valence-electron chi connectivity index (χ0n) is 17.5. The number of aromatic nitrogens is 2. The Morgan fingerprint density at radius 1 is 0.931 bits per heavy atom. The molecule has 5 rings (SSSR count). The van der Waals surface area contributed by atoms with Crippen molar-refractivity contribution in [2.45, 2.75) is 41.0 Å².